The van der Waals surface area contributed by atoms with Gasteiger partial charge in [-0.2, -0.15) is 0 Å². The van der Waals surface area contributed by atoms with Gasteiger partial charge in [-0.25, -0.2) is 9.69 Å². The average Bonchev–Trinajstić information content (AvgIpc) is 2.88. The molecule has 1 saturated heterocycles. The van der Waals surface area contributed by atoms with Crippen molar-refractivity contribution in [3.05, 3.63) is 95.1 Å². The number of non-ortho nitro benzene ring substituents is 1. The van der Waals surface area contributed by atoms with Gasteiger partial charge in [0, 0.05) is 6.07 Å². The predicted octanol–water partition coefficient (Wildman–Crippen LogP) is 4.88. The standard InChI is InChI=1S/C25H17IN4O9/c1-13-3-5-15(6-4-13)28-24(32)17(23(31)27-25(28)33)9-14-10-18(26)22(21(11-14)38-2)39-20-8-7-16(29(34)35)12-19(20)30(36)37/h3-12H,1-2H3,(H,27,31,33)/b17-9-. The first-order chi connectivity index (χ1) is 18.5. The number of barbiturate groups is 1. The van der Waals surface area contributed by atoms with E-state index >= 15 is 0 Å². The van der Waals surface area contributed by atoms with Gasteiger partial charge in [0.25, 0.3) is 17.5 Å². The van der Waals surface area contributed by atoms with Gasteiger partial charge >= 0.3 is 11.7 Å². The van der Waals surface area contributed by atoms with Crippen LogP contribution in [0.1, 0.15) is 11.1 Å². The Balaban J connectivity index is 1.71. The van der Waals surface area contributed by atoms with Crippen molar-refractivity contribution in [2.24, 2.45) is 0 Å². The van der Waals surface area contributed by atoms with E-state index in [0.29, 0.717) is 9.13 Å². The lowest BCUT2D eigenvalue weighted by atomic mass is 10.1. The zero-order valence-corrected chi connectivity index (χ0v) is 22.3. The summed E-state index contributed by atoms with van der Waals surface area (Å²) in [7, 11) is 1.32. The van der Waals surface area contributed by atoms with E-state index in [4.69, 9.17) is 9.47 Å². The van der Waals surface area contributed by atoms with Crippen molar-refractivity contribution < 1.29 is 33.7 Å². The molecule has 0 saturated carbocycles. The van der Waals surface area contributed by atoms with Crippen LogP contribution in [0.3, 0.4) is 0 Å². The van der Waals surface area contributed by atoms with Crippen LogP contribution in [0.25, 0.3) is 6.08 Å². The number of hydrogen-bond acceptors (Lipinski definition) is 9. The largest absolute Gasteiger partial charge is 0.493 e. The smallest absolute Gasteiger partial charge is 0.335 e. The minimum absolute atomic E-state index is 0.0630. The van der Waals surface area contributed by atoms with Crippen LogP contribution in [0.2, 0.25) is 0 Å². The lowest BCUT2D eigenvalue weighted by Gasteiger charge is -2.26. The van der Waals surface area contributed by atoms with E-state index in [-0.39, 0.29) is 28.5 Å². The molecule has 14 heteroatoms. The Kier molecular flexibility index (Phi) is 7.57. The number of benzene rings is 3. The van der Waals surface area contributed by atoms with Crippen LogP contribution in [0.15, 0.2) is 60.2 Å². The predicted molar refractivity (Wildman–Crippen MR) is 146 cm³/mol. The summed E-state index contributed by atoms with van der Waals surface area (Å²) in [6.07, 6.45) is 1.27. The summed E-state index contributed by atoms with van der Waals surface area (Å²) in [4.78, 5) is 59.9. The van der Waals surface area contributed by atoms with Crippen molar-refractivity contribution in [2.45, 2.75) is 6.92 Å². The molecular weight excluding hydrogens is 627 g/mol. The molecule has 3 aromatic carbocycles. The van der Waals surface area contributed by atoms with Gasteiger partial charge in [0.2, 0.25) is 5.75 Å². The van der Waals surface area contributed by atoms with Crippen LogP contribution in [-0.4, -0.2) is 34.8 Å². The van der Waals surface area contributed by atoms with Gasteiger partial charge in [-0.15, -0.1) is 0 Å². The molecule has 0 spiro atoms. The molecule has 1 heterocycles. The molecule has 4 amide bonds. The van der Waals surface area contributed by atoms with Gasteiger partial charge in [-0.1, -0.05) is 17.7 Å². The lowest BCUT2D eigenvalue weighted by molar-refractivity contribution is -0.394. The number of nitro benzene ring substituents is 2. The Morgan fingerprint density at radius 2 is 1.64 bits per heavy atom. The second kappa shape index (κ2) is 10.9. The molecule has 13 nitrogen and oxygen atoms in total. The second-order valence-corrected chi connectivity index (χ2v) is 9.26. The van der Waals surface area contributed by atoms with E-state index in [0.717, 1.165) is 28.7 Å². The van der Waals surface area contributed by atoms with Crippen molar-refractivity contribution in [1.82, 2.24) is 5.32 Å². The number of imide groups is 2. The number of carbonyl (C=O) groups excluding carboxylic acids is 3. The molecule has 1 aliphatic heterocycles. The van der Waals surface area contributed by atoms with Crippen LogP contribution < -0.4 is 19.7 Å². The van der Waals surface area contributed by atoms with Gasteiger partial charge in [0.05, 0.1) is 32.3 Å². The molecule has 198 valence electrons. The topological polar surface area (TPSA) is 171 Å². The van der Waals surface area contributed by atoms with Gasteiger partial charge in [-0.05, 0) is 71.5 Å². The van der Waals surface area contributed by atoms with Crippen molar-refractivity contribution in [3.63, 3.8) is 0 Å². The average molecular weight is 644 g/mol. The summed E-state index contributed by atoms with van der Waals surface area (Å²) in [6.45, 7) is 1.85. The summed E-state index contributed by atoms with van der Waals surface area (Å²) in [6, 6.07) is 11.6. The number of anilines is 1. The van der Waals surface area contributed by atoms with Gasteiger partial charge in [0.1, 0.15) is 5.57 Å². The number of nitrogens with zero attached hydrogens (tertiary/aromatic N) is 3. The highest BCUT2D eigenvalue weighted by Crippen LogP contribution is 2.41. The first-order valence-electron chi connectivity index (χ1n) is 11.0. The number of hydrogen-bond donors (Lipinski definition) is 1. The van der Waals surface area contributed by atoms with E-state index in [9.17, 15) is 34.6 Å². The Labute approximate surface area is 233 Å². The highest BCUT2D eigenvalue weighted by molar-refractivity contribution is 14.1. The van der Waals surface area contributed by atoms with Crippen LogP contribution in [-0.2, 0) is 9.59 Å². The fraction of sp³-hybridized carbons (Fsp3) is 0.0800. The number of nitro groups is 2. The first kappa shape index (κ1) is 27.2. The zero-order chi connectivity index (χ0) is 28.4. The molecular formula is C25H17IN4O9. The fourth-order valence-electron chi connectivity index (χ4n) is 3.63. The monoisotopic (exact) mass is 644 g/mol. The van der Waals surface area contributed by atoms with Crippen LogP contribution in [0.4, 0.5) is 21.9 Å². The molecule has 0 unspecified atom stereocenters. The number of rotatable bonds is 7. The maximum Gasteiger partial charge on any atom is 0.335 e. The first-order valence-corrected chi connectivity index (χ1v) is 12.0. The zero-order valence-electron chi connectivity index (χ0n) is 20.2. The van der Waals surface area contributed by atoms with Crippen molar-refractivity contribution in [3.8, 4) is 17.2 Å². The fourth-order valence-corrected chi connectivity index (χ4v) is 4.37. The third kappa shape index (κ3) is 5.54. The summed E-state index contributed by atoms with van der Waals surface area (Å²) >= 11 is 1.87. The summed E-state index contributed by atoms with van der Waals surface area (Å²) in [5.74, 6) is -1.82. The number of nitrogens with one attached hydrogen (secondary N) is 1. The minimum Gasteiger partial charge on any atom is -0.493 e. The number of methoxy groups -OCH3 is 1. The van der Waals surface area contributed by atoms with Gasteiger partial charge in [0.15, 0.2) is 11.5 Å². The van der Waals surface area contributed by atoms with Crippen molar-refractivity contribution in [2.75, 3.05) is 12.0 Å². The van der Waals surface area contributed by atoms with Crippen molar-refractivity contribution >= 4 is 63.6 Å². The number of urea groups is 1. The number of carbonyl (C=O) groups is 3. The second-order valence-electron chi connectivity index (χ2n) is 8.10. The van der Waals surface area contributed by atoms with E-state index in [2.05, 4.69) is 5.32 Å². The summed E-state index contributed by atoms with van der Waals surface area (Å²) in [5, 5.41) is 24.7. The highest BCUT2D eigenvalue weighted by Gasteiger charge is 2.37. The molecule has 0 bridgehead atoms. The Hall–Kier alpha value is -4.86. The Bertz CT molecular complexity index is 1590. The summed E-state index contributed by atoms with van der Waals surface area (Å²) in [5.41, 5.74) is 0.108. The molecule has 4 rings (SSSR count). The van der Waals surface area contributed by atoms with Crippen LogP contribution >= 0.6 is 22.6 Å². The maximum atomic E-state index is 13.2. The Morgan fingerprint density at radius 3 is 2.26 bits per heavy atom. The van der Waals surface area contributed by atoms with E-state index in [1.165, 1.54) is 25.3 Å². The number of aryl methyl sites for hydroxylation is 1. The van der Waals surface area contributed by atoms with Crippen LogP contribution in [0.5, 0.6) is 17.2 Å². The summed E-state index contributed by atoms with van der Waals surface area (Å²) < 4.78 is 11.5. The van der Waals surface area contributed by atoms with Crippen molar-refractivity contribution in [1.29, 1.82) is 0 Å². The molecule has 0 radical (unpaired) electrons. The number of halogens is 1. The van der Waals surface area contributed by atoms with Crippen LogP contribution in [0, 0.1) is 30.7 Å². The quantitative estimate of drug-likeness (QED) is 0.124. The maximum absolute atomic E-state index is 13.2. The lowest BCUT2D eigenvalue weighted by Crippen LogP contribution is -2.54. The highest BCUT2D eigenvalue weighted by atomic mass is 127. The minimum atomic E-state index is -0.885. The van der Waals surface area contributed by atoms with E-state index in [1.807, 2.05) is 29.5 Å². The molecule has 0 aliphatic carbocycles. The van der Waals surface area contributed by atoms with Gasteiger partial charge in [-0.3, -0.25) is 35.1 Å². The van der Waals surface area contributed by atoms with Gasteiger partial charge < -0.3 is 9.47 Å². The third-order valence-electron chi connectivity index (χ3n) is 5.52. The molecule has 3 aromatic rings. The van der Waals surface area contributed by atoms with E-state index in [1.54, 1.807) is 24.3 Å². The molecule has 1 aliphatic rings. The normalized spacial score (nSPS) is 14.3. The number of ether oxygens (including phenoxy) is 2. The molecule has 1 N–H and O–H groups in total. The third-order valence-corrected chi connectivity index (χ3v) is 6.32. The molecule has 39 heavy (non-hydrogen) atoms. The van der Waals surface area contributed by atoms with E-state index < -0.39 is 39.1 Å². The Morgan fingerprint density at radius 1 is 0.949 bits per heavy atom. The molecule has 1 fully saturated rings. The molecule has 0 aromatic heterocycles. The number of amides is 4. The molecule has 0 atom stereocenters. The SMILES string of the molecule is COc1cc(/C=C2/C(=O)NC(=O)N(c3ccc(C)cc3)C2=O)cc(I)c1Oc1ccc([N+](=O)[O-])cc1[N+](=O)[O-].